The SMILES string of the molecule is COc1ccc(NC(=O)C(NC2CCS(=O)(=O)C2)c2ccccc2)cc1Cl. The lowest BCUT2D eigenvalue weighted by Crippen LogP contribution is -2.40. The Balaban J connectivity index is 1.79. The molecular weight excluding hydrogens is 388 g/mol. The van der Waals surface area contributed by atoms with Crippen molar-refractivity contribution in [3.05, 3.63) is 59.1 Å². The van der Waals surface area contributed by atoms with Gasteiger partial charge in [0.2, 0.25) is 5.91 Å². The molecule has 1 saturated heterocycles. The highest BCUT2D eigenvalue weighted by atomic mass is 35.5. The molecule has 2 unspecified atom stereocenters. The van der Waals surface area contributed by atoms with Gasteiger partial charge in [-0.05, 0) is 30.2 Å². The normalized spacial score (nSPS) is 19.4. The third kappa shape index (κ3) is 5.00. The van der Waals surface area contributed by atoms with Gasteiger partial charge in [0, 0.05) is 11.7 Å². The Morgan fingerprint density at radius 1 is 1.22 bits per heavy atom. The van der Waals surface area contributed by atoms with Gasteiger partial charge in [0.25, 0.3) is 0 Å². The first-order valence-corrected chi connectivity index (χ1v) is 10.7. The first-order valence-electron chi connectivity index (χ1n) is 8.54. The van der Waals surface area contributed by atoms with E-state index in [1.54, 1.807) is 18.2 Å². The van der Waals surface area contributed by atoms with E-state index in [0.29, 0.717) is 22.9 Å². The largest absolute Gasteiger partial charge is 0.495 e. The van der Waals surface area contributed by atoms with Crippen LogP contribution in [0.25, 0.3) is 0 Å². The summed E-state index contributed by atoms with van der Waals surface area (Å²) in [7, 11) is -1.53. The van der Waals surface area contributed by atoms with Crippen molar-refractivity contribution in [2.75, 3.05) is 23.9 Å². The predicted octanol–water partition coefficient (Wildman–Crippen LogP) is 2.81. The Hall–Kier alpha value is -2.09. The fourth-order valence-corrected chi connectivity index (χ4v) is 5.03. The molecule has 1 aliphatic rings. The van der Waals surface area contributed by atoms with Gasteiger partial charge in [-0.3, -0.25) is 10.1 Å². The van der Waals surface area contributed by atoms with Gasteiger partial charge in [-0.2, -0.15) is 0 Å². The van der Waals surface area contributed by atoms with E-state index < -0.39 is 15.9 Å². The number of methoxy groups -OCH3 is 1. The number of ether oxygens (including phenoxy) is 1. The van der Waals surface area contributed by atoms with Crippen molar-refractivity contribution < 1.29 is 17.9 Å². The molecule has 1 heterocycles. The molecule has 3 rings (SSSR count). The van der Waals surface area contributed by atoms with Crippen LogP contribution in [0.3, 0.4) is 0 Å². The van der Waals surface area contributed by atoms with Gasteiger partial charge in [0.1, 0.15) is 11.8 Å². The number of hydrogen-bond acceptors (Lipinski definition) is 5. The van der Waals surface area contributed by atoms with Crippen molar-refractivity contribution in [1.29, 1.82) is 0 Å². The Labute approximate surface area is 163 Å². The number of anilines is 1. The molecule has 144 valence electrons. The molecule has 0 saturated carbocycles. The summed E-state index contributed by atoms with van der Waals surface area (Å²) in [5.74, 6) is 0.412. The van der Waals surface area contributed by atoms with Crippen LogP contribution in [0.4, 0.5) is 5.69 Å². The second-order valence-electron chi connectivity index (χ2n) is 6.45. The maximum absolute atomic E-state index is 12.9. The van der Waals surface area contributed by atoms with Crippen LogP contribution in [0.15, 0.2) is 48.5 Å². The zero-order chi connectivity index (χ0) is 19.4. The first-order chi connectivity index (χ1) is 12.9. The highest BCUT2D eigenvalue weighted by Crippen LogP contribution is 2.28. The summed E-state index contributed by atoms with van der Waals surface area (Å²) in [4.78, 5) is 12.9. The topological polar surface area (TPSA) is 84.5 Å². The van der Waals surface area contributed by atoms with Gasteiger partial charge < -0.3 is 10.1 Å². The third-order valence-electron chi connectivity index (χ3n) is 4.45. The molecular formula is C19H21ClN2O4S. The lowest BCUT2D eigenvalue weighted by atomic mass is 10.0. The molecule has 6 nitrogen and oxygen atoms in total. The standard InChI is InChI=1S/C19H21ClN2O4S/c1-26-17-8-7-14(11-16(17)20)22-19(23)18(13-5-3-2-4-6-13)21-15-9-10-27(24,25)12-15/h2-8,11,15,18,21H,9-10,12H2,1H3,(H,22,23). The van der Waals surface area contributed by atoms with Crippen molar-refractivity contribution in [1.82, 2.24) is 5.32 Å². The summed E-state index contributed by atoms with van der Waals surface area (Å²) in [5, 5.41) is 6.42. The maximum atomic E-state index is 12.9. The molecule has 0 aliphatic carbocycles. The quantitative estimate of drug-likeness (QED) is 0.767. The molecule has 1 aliphatic heterocycles. The number of amides is 1. The third-order valence-corrected chi connectivity index (χ3v) is 6.51. The summed E-state index contributed by atoms with van der Waals surface area (Å²) in [6.45, 7) is 0. The van der Waals surface area contributed by atoms with E-state index in [1.165, 1.54) is 7.11 Å². The van der Waals surface area contributed by atoms with Crippen LogP contribution in [0.1, 0.15) is 18.0 Å². The Kier molecular flexibility index (Phi) is 6.04. The van der Waals surface area contributed by atoms with E-state index in [2.05, 4.69) is 10.6 Å². The molecule has 1 amide bonds. The number of nitrogens with one attached hydrogen (secondary N) is 2. The molecule has 1 fully saturated rings. The number of carbonyl (C=O) groups is 1. The van der Waals surface area contributed by atoms with Crippen molar-refractivity contribution in [3.8, 4) is 5.75 Å². The van der Waals surface area contributed by atoms with E-state index in [9.17, 15) is 13.2 Å². The van der Waals surface area contributed by atoms with Crippen LogP contribution in [0, 0.1) is 0 Å². The molecule has 8 heteroatoms. The zero-order valence-electron chi connectivity index (χ0n) is 14.8. The summed E-state index contributed by atoms with van der Waals surface area (Å²) in [5.41, 5.74) is 1.30. The fourth-order valence-electron chi connectivity index (χ4n) is 3.09. The van der Waals surface area contributed by atoms with Gasteiger partial charge >= 0.3 is 0 Å². The molecule has 27 heavy (non-hydrogen) atoms. The lowest BCUT2D eigenvalue weighted by molar-refractivity contribution is -0.118. The van der Waals surface area contributed by atoms with Crippen LogP contribution >= 0.6 is 11.6 Å². The van der Waals surface area contributed by atoms with Crippen LogP contribution in [-0.2, 0) is 14.6 Å². The van der Waals surface area contributed by atoms with Gasteiger partial charge in [-0.1, -0.05) is 41.9 Å². The first kappa shape index (κ1) is 19.7. The second-order valence-corrected chi connectivity index (χ2v) is 9.08. The minimum Gasteiger partial charge on any atom is -0.495 e. The van der Waals surface area contributed by atoms with Crippen molar-refractivity contribution in [3.63, 3.8) is 0 Å². The summed E-state index contributed by atoms with van der Waals surface area (Å²) in [6, 6.07) is 13.3. The molecule has 2 N–H and O–H groups in total. The number of sulfone groups is 1. The van der Waals surface area contributed by atoms with E-state index in [4.69, 9.17) is 16.3 Å². The van der Waals surface area contributed by atoms with Gasteiger partial charge in [0.05, 0.1) is 23.6 Å². The van der Waals surface area contributed by atoms with E-state index >= 15 is 0 Å². The molecule has 0 radical (unpaired) electrons. The lowest BCUT2D eigenvalue weighted by Gasteiger charge is -2.22. The average Bonchev–Trinajstić information content (AvgIpc) is 2.99. The van der Waals surface area contributed by atoms with Crippen LogP contribution in [0.5, 0.6) is 5.75 Å². The summed E-state index contributed by atoms with van der Waals surface area (Å²) < 4.78 is 28.6. The van der Waals surface area contributed by atoms with Gasteiger partial charge in [-0.15, -0.1) is 0 Å². The molecule has 2 aromatic rings. The number of benzene rings is 2. The highest BCUT2D eigenvalue weighted by Gasteiger charge is 2.32. The number of rotatable bonds is 6. The molecule has 0 bridgehead atoms. The minimum atomic E-state index is -3.05. The highest BCUT2D eigenvalue weighted by molar-refractivity contribution is 7.91. The van der Waals surface area contributed by atoms with Crippen molar-refractivity contribution >= 4 is 33.0 Å². The smallest absolute Gasteiger partial charge is 0.246 e. The van der Waals surface area contributed by atoms with Crippen LogP contribution in [-0.4, -0.2) is 39.0 Å². The van der Waals surface area contributed by atoms with Crippen molar-refractivity contribution in [2.45, 2.75) is 18.5 Å². The van der Waals surface area contributed by atoms with Crippen LogP contribution in [0.2, 0.25) is 5.02 Å². The second kappa shape index (κ2) is 8.29. The molecule has 0 aromatic heterocycles. The molecule has 2 atom stereocenters. The number of carbonyl (C=O) groups excluding carboxylic acids is 1. The van der Waals surface area contributed by atoms with Gasteiger partial charge in [0.15, 0.2) is 9.84 Å². The number of hydrogen-bond donors (Lipinski definition) is 2. The van der Waals surface area contributed by atoms with Gasteiger partial charge in [-0.25, -0.2) is 8.42 Å². The van der Waals surface area contributed by atoms with E-state index in [1.807, 2.05) is 30.3 Å². The Morgan fingerprint density at radius 2 is 1.96 bits per heavy atom. The van der Waals surface area contributed by atoms with Crippen molar-refractivity contribution in [2.24, 2.45) is 0 Å². The predicted molar refractivity (Wildman–Crippen MR) is 106 cm³/mol. The zero-order valence-corrected chi connectivity index (χ0v) is 16.4. The summed E-state index contributed by atoms with van der Waals surface area (Å²) in [6.07, 6.45) is 0.493. The van der Waals surface area contributed by atoms with Crippen LogP contribution < -0.4 is 15.4 Å². The maximum Gasteiger partial charge on any atom is 0.246 e. The molecule has 0 spiro atoms. The van der Waals surface area contributed by atoms with E-state index in [-0.39, 0.29) is 23.5 Å². The number of halogens is 1. The minimum absolute atomic E-state index is 0.0397. The Bertz CT molecular complexity index is 919. The monoisotopic (exact) mass is 408 g/mol. The summed E-state index contributed by atoms with van der Waals surface area (Å²) >= 11 is 6.12. The fraction of sp³-hybridized carbons (Fsp3) is 0.316. The molecule has 2 aromatic carbocycles. The van der Waals surface area contributed by atoms with E-state index in [0.717, 1.165) is 5.56 Å². The Morgan fingerprint density at radius 3 is 2.56 bits per heavy atom. The average molecular weight is 409 g/mol.